The minimum Gasteiger partial charge on any atom is -0.478 e. The van der Waals surface area contributed by atoms with Crippen molar-refractivity contribution < 1.29 is 14.3 Å². The van der Waals surface area contributed by atoms with Crippen molar-refractivity contribution in [3.05, 3.63) is 89.7 Å². The van der Waals surface area contributed by atoms with Gasteiger partial charge in [-0.2, -0.15) is 0 Å². The zero-order valence-electron chi connectivity index (χ0n) is 14.6. The number of halogens is 1. The van der Waals surface area contributed by atoms with Gasteiger partial charge < -0.3 is 5.11 Å². The number of fused-ring (bicyclic) bond motifs is 1. The largest absolute Gasteiger partial charge is 0.478 e. The van der Waals surface area contributed by atoms with E-state index < -0.39 is 5.97 Å². The summed E-state index contributed by atoms with van der Waals surface area (Å²) in [4.78, 5) is 16.3. The topological polar surface area (TPSA) is 50.2 Å². The Labute approximate surface area is 155 Å². The molecule has 0 atom stereocenters. The molecule has 0 radical (unpaired) electrons. The summed E-state index contributed by atoms with van der Waals surface area (Å²) in [5.41, 5.74) is 4.46. The molecule has 0 fully saturated rings. The maximum Gasteiger partial charge on any atom is 0.336 e. The summed E-state index contributed by atoms with van der Waals surface area (Å²) in [5.74, 6) is -1.27. The smallest absolute Gasteiger partial charge is 0.336 e. The van der Waals surface area contributed by atoms with Crippen LogP contribution in [0, 0.1) is 12.7 Å². The molecular weight excluding hydrogens is 341 g/mol. The quantitative estimate of drug-likeness (QED) is 0.510. The maximum absolute atomic E-state index is 14.0. The number of aromatic nitrogens is 1. The molecule has 1 aromatic heterocycles. The van der Waals surface area contributed by atoms with Crippen LogP contribution in [0.3, 0.4) is 0 Å². The Hall–Kier alpha value is -3.53. The summed E-state index contributed by atoms with van der Waals surface area (Å²) in [7, 11) is 0. The molecule has 0 aliphatic carbocycles. The molecule has 3 aromatic carbocycles. The molecule has 27 heavy (non-hydrogen) atoms. The summed E-state index contributed by atoms with van der Waals surface area (Å²) in [6.07, 6.45) is 0. The molecule has 0 amide bonds. The van der Waals surface area contributed by atoms with Gasteiger partial charge in [0, 0.05) is 16.5 Å². The third-order valence-corrected chi connectivity index (χ3v) is 4.56. The number of aryl methyl sites for hydroxylation is 1. The summed E-state index contributed by atoms with van der Waals surface area (Å²) in [6, 6.07) is 21.0. The van der Waals surface area contributed by atoms with Crippen molar-refractivity contribution in [1.82, 2.24) is 4.98 Å². The van der Waals surface area contributed by atoms with E-state index in [2.05, 4.69) is 4.98 Å². The second-order valence-electron chi connectivity index (χ2n) is 6.44. The summed E-state index contributed by atoms with van der Waals surface area (Å²) < 4.78 is 14.0. The molecule has 4 rings (SSSR count). The van der Waals surface area contributed by atoms with E-state index in [0.717, 1.165) is 16.7 Å². The normalized spacial score (nSPS) is 10.9. The van der Waals surface area contributed by atoms with Crippen LogP contribution in [0.4, 0.5) is 4.39 Å². The monoisotopic (exact) mass is 357 g/mol. The van der Waals surface area contributed by atoms with Crippen LogP contribution < -0.4 is 0 Å². The Kier molecular flexibility index (Phi) is 4.16. The Morgan fingerprint density at radius 2 is 1.63 bits per heavy atom. The highest BCUT2D eigenvalue weighted by Gasteiger charge is 2.13. The van der Waals surface area contributed by atoms with Crippen LogP contribution in [0.2, 0.25) is 0 Å². The summed E-state index contributed by atoms with van der Waals surface area (Å²) in [5, 5.41) is 10.2. The maximum atomic E-state index is 14.0. The molecule has 1 N–H and O–H groups in total. The Bertz CT molecular complexity index is 1170. The van der Waals surface area contributed by atoms with Crippen LogP contribution in [-0.2, 0) is 0 Å². The van der Waals surface area contributed by atoms with Crippen molar-refractivity contribution in [2.45, 2.75) is 6.92 Å². The minimum atomic E-state index is -0.989. The van der Waals surface area contributed by atoms with Crippen LogP contribution in [0.1, 0.15) is 15.9 Å². The predicted octanol–water partition coefficient (Wildman–Crippen LogP) is 5.71. The molecule has 1 heterocycles. The van der Waals surface area contributed by atoms with Crippen LogP contribution >= 0.6 is 0 Å². The first-order valence-corrected chi connectivity index (χ1v) is 8.53. The van der Waals surface area contributed by atoms with E-state index in [1.54, 1.807) is 24.3 Å². The number of aromatic carboxylic acids is 1. The van der Waals surface area contributed by atoms with E-state index >= 15 is 0 Å². The molecule has 132 valence electrons. The molecular formula is C23H16FNO2. The zero-order chi connectivity index (χ0) is 19.0. The van der Waals surface area contributed by atoms with Gasteiger partial charge in [-0.3, -0.25) is 0 Å². The molecule has 4 heteroatoms. The fraction of sp³-hybridized carbons (Fsp3) is 0.0435. The number of nitrogens with zero attached hydrogens (tertiary/aromatic N) is 1. The van der Waals surface area contributed by atoms with Gasteiger partial charge in [-0.25, -0.2) is 14.2 Å². The fourth-order valence-corrected chi connectivity index (χ4v) is 3.18. The van der Waals surface area contributed by atoms with Gasteiger partial charge in [-0.15, -0.1) is 0 Å². The lowest BCUT2D eigenvalue weighted by Gasteiger charge is -2.09. The van der Waals surface area contributed by atoms with Gasteiger partial charge in [-0.1, -0.05) is 54.1 Å². The van der Waals surface area contributed by atoms with Gasteiger partial charge in [0.15, 0.2) is 0 Å². The second kappa shape index (κ2) is 6.65. The van der Waals surface area contributed by atoms with Gasteiger partial charge in [0.2, 0.25) is 0 Å². The molecule has 0 bridgehead atoms. The van der Waals surface area contributed by atoms with E-state index in [-0.39, 0.29) is 11.4 Å². The predicted molar refractivity (Wildman–Crippen MR) is 104 cm³/mol. The highest BCUT2D eigenvalue weighted by Crippen LogP contribution is 2.29. The van der Waals surface area contributed by atoms with Crippen molar-refractivity contribution in [1.29, 1.82) is 0 Å². The van der Waals surface area contributed by atoms with Gasteiger partial charge >= 0.3 is 5.97 Å². The van der Waals surface area contributed by atoms with E-state index in [4.69, 9.17) is 0 Å². The fourth-order valence-electron chi connectivity index (χ4n) is 3.18. The summed E-state index contributed by atoms with van der Waals surface area (Å²) in [6.45, 7) is 1.92. The highest BCUT2D eigenvalue weighted by molar-refractivity contribution is 6.04. The van der Waals surface area contributed by atoms with Gasteiger partial charge in [-0.05, 0) is 36.8 Å². The van der Waals surface area contributed by atoms with Crippen molar-refractivity contribution in [3.63, 3.8) is 0 Å². The molecule has 0 aliphatic rings. The number of hydrogen-bond acceptors (Lipinski definition) is 2. The number of benzene rings is 3. The molecule has 0 saturated heterocycles. The molecule has 0 saturated carbocycles. The highest BCUT2D eigenvalue weighted by atomic mass is 19.1. The lowest BCUT2D eigenvalue weighted by Crippen LogP contribution is -2.00. The lowest BCUT2D eigenvalue weighted by molar-refractivity contribution is 0.0699. The van der Waals surface area contributed by atoms with Crippen LogP contribution in [-0.4, -0.2) is 16.1 Å². The average Bonchev–Trinajstić information content (AvgIpc) is 2.67. The van der Waals surface area contributed by atoms with E-state index in [1.807, 2.05) is 49.4 Å². The molecule has 3 nitrogen and oxygen atoms in total. The van der Waals surface area contributed by atoms with Crippen molar-refractivity contribution >= 4 is 16.9 Å². The molecule has 4 aromatic rings. The first-order chi connectivity index (χ1) is 13.0. The van der Waals surface area contributed by atoms with Crippen molar-refractivity contribution in [2.75, 3.05) is 0 Å². The van der Waals surface area contributed by atoms with Crippen LogP contribution in [0.25, 0.3) is 33.3 Å². The third kappa shape index (κ3) is 3.17. The molecule has 0 unspecified atom stereocenters. The Morgan fingerprint density at radius 1 is 0.926 bits per heavy atom. The van der Waals surface area contributed by atoms with E-state index in [1.165, 1.54) is 6.07 Å². The van der Waals surface area contributed by atoms with Crippen molar-refractivity contribution in [2.24, 2.45) is 0 Å². The first-order valence-electron chi connectivity index (χ1n) is 8.53. The SMILES string of the molecule is Cc1ccc2nc(-c3ccc(-c4ccccc4F)cc3)cc(C(=O)O)c2c1. The number of pyridine rings is 1. The Balaban J connectivity index is 1.82. The number of rotatable bonds is 3. The number of carbonyl (C=O) groups is 1. The van der Waals surface area contributed by atoms with Gasteiger partial charge in [0.05, 0.1) is 16.8 Å². The number of carboxylic acids is 1. The van der Waals surface area contributed by atoms with Crippen LogP contribution in [0.5, 0.6) is 0 Å². The Morgan fingerprint density at radius 3 is 2.33 bits per heavy atom. The van der Waals surface area contributed by atoms with E-state index in [9.17, 15) is 14.3 Å². The van der Waals surface area contributed by atoms with Gasteiger partial charge in [0.25, 0.3) is 0 Å². The van der Waals surface area contributed by atoms with Crippen molar-refractivity contribution in [3.8, 4) is 22.4 Å². The average molecular weight is 357 g/mol. The standard InChI is InChI=1S/C23H16FNO2/c1-14-6-11-21-18(12-14)19(23(26)27)13-22(25-21)16-9-7-15(8-10-16)17-4-2-3-5-20(17)24/h2-13H,1H3,(H,26,27). The van der Waals surface area contributed by atoms with Crippen LogP contribution in [0.15, 0.2) is 72.8 Å². The number of hydrogen-bond donors (Lipinski definition) is 1. The number of carboxylic acid groups (broad SMARTS) is 1. The lowest BCUT2D eigenvalue weighted by atomic mass is 10.00. The van der Waals surface area contributed by atoms with Gasteiger partial charge in [0.1, 0.15) is 5.82 Å². The van der Waals surface area contributed by atoms with E-state index in [0.29, 0.717) is 22.2 Å². The molecule has 0 aliphatic heterocycles. The molecule has 0 spiro atoms. The summed E-state index contributed by atoms with van der Waals surface area (Å²) >= 11 is 0. The third-order valence-electron chi connectivity index (χ3n) is 4.56. The zero-order valence-corrected chi connectivity index (χ0v) is 14.6. The second-order valence-corrected chi connectivity index (χ2v) is 6.44. The first kappa shape index (κ1) is 16.9. The minimum absolute atomic E-state index is 0.219.